The normalized spacial score (nSPS) is 11.7. The number of rotatable bonds is 4. The molecule has 21 heavy (non-hydrogen) atoms. The first-order chi connectivity index (χ1) is 10.2. The number of benzene rings is 2. The van der Waals surface area contributed by atoms with E-state index in [-0.39, 0.29) is 12.5 Å². The summed E-state index contributed by atoms with van der Waals surface area (Å²) < 4.78 is 8.35. The number of hydrogen-bond acceptors (Lipinski definition) is 4. The van der Waals surface area contributed by atoms with Crippen LogP contribution >= 0.6 is 0 Å². The maximum absolute atomic E-state index is 12.0. The van der Waals surface area contributed by atoms with E-state index < -0.39 is 0 Å². The molecule has 6 heteroatoms. The van der Waals surface area contributed by atoms with E-state index >= 15 is 0 Å². The summed E-state index contributed by atoms with van der Waals surface area (Å²) in [6.45, 7) is 2.23. The van der Waals surface area contributed by atoms with Crippen LogP contribution in [-0.4, -0.2) is 12.5 Å². The summed E-state index contributed by atoms with van der Waals surface area (Å²) in [5.74, 6) is -0.115. The van der Waals surface area contributed by atoms with Crippen molar-refractivity contribution in [2.45, 2.75) is 6.92 Å². The predicted molar refractivity (Wildman–Crippen MR) is 86.3 cm³/mol. The molecule has 0 fully saturated rings. The lowest BCUT2D eigenvalue weighted by Gasteiger charge is -2.09. The Hall–Kier alpha value is -2.47. The van der Waals surface area contributed by atoms with Gasteiger partial charge in [-0.25, -0.2) is 0 Å². The first-order valence-corrected chi connectivity index (χ1v) is 7.27. The summed E-state index contributed by atoms with van der Waals surface area (Å²) in [5.41, 5.74) is 4.32. The Bertz CT molecular complexity index is 749. The second kappa shape index (κ2) is 5.88. The highest BCUT2D eigenvalue weighted by Gasteiger charge is 2.12. The van der Waals surface area contributed by atoms with Gasteiger partial charge < -0.3 is 10.6 Å². The largest absolute Gasteiger partial charge is 0.376 e. The van der Waals surface area contributed by atoms with Crippen LogP contribution in [0, 0.1) is 6.92 Å². The number of hydrogen-bond donors (Lipinski definition) is 2. The van der Waals surface area contributed by atoms with Crippen molar-refractivity contribution in [1.29, 1.82) is 0 Å². The second-order valence-electron chi connectivity index (χ2n) is 4.71. The smallest absolute Gasteiger partial charge is 0.243 e. The number of aryl methyl sites for hydroxylation is 1. The molecule has 0 saturated heterocycles. The minimum Gasteiger partial charge on any atom is -0.376 e. The number of fused-ring (bicyclic) bond motifs is 1. The lowest BCUT2D eigenvalue weighted by atomic mass is 10.2. The Morgan fingerprint density at radius 1 is 1.14 bits per heavy atom. The third-order valence-corrected chi connectivity index (χ3v) is 3.61. The van der Waals surface area contributed by atoms with Crippen molar-refractivity contribution >= 4 is 40.0 Å². The SMILES string of the molecule is Cc1ccc(NCC(=O)Nc2cccc3c2N=S=N3)cc1. The van der Waals surface area contributed by atoms with Gasteiger partial charge >= 0.3 is 0 Å². The molecular formula is C15H14N4OS. The van der Waals surface area contributed by atoms with Gasteiger partial charge in [-0.1, -0.05) is 23.8 Å². The fourth-order valence-corrected chi connectivity index (χ4v) is 2.50. The molecule has 2 N–H and O–H groups in total. The first-order valence-electron chi connectivity index (χ1n) is 6.54. The van der Waals surface area contributed by atoms with Crippen LogP contribution in [0.4, 0.5) is 22.7 Å². The molecule has 1 aliphatic heterocycles. The molecule has 0 saturated carbocycles. The van der Waals surface area contributed by atoms with E-state index in [9.17, 15) is 4.79 Å². The zero-order valence-corrected chi connectivity index (χ0v) is 12.3. The van der Waals surface area contributed by atoms with Crippen molar-refractivity contribution in [3.05, 3.63) is 48.0 Å². The average Bonchev–Trinajstić information content (AvgIpc) is 2.96. The summed E-state index contributed by atoms with van der Waals surface area (Å²) in [4.78, 5) is 12.0. The van der Waals surface area contributed by atoms with Crippen molar-refractivity contribution in [1.82, 2.24) is 0 Å². The molecule has 0 unspecified atom stereocenters. The van der Waals surface area contributed by atoms with Crippen LogP contribution in [0.15, 0.2) is 51.2 Å². The summed E-state index contributed by atoms with van der Waals surface area (Å²) in [6.07, 6.45) is 0. The van der Waals surface area contributed by atoms with Gasteiger partial charge in [0, 0.05) is 5.69 Å². The van der Waals surface area contributed by atoms with Gasteiger partial charge in [-0.15, -0.1) is 0 Å². The molecule has 106 valence electrons. The molecule has 1 amide bonds. The average molecular weight is 298 g/mol. The number of nitrogens with zero attached hydrogens (tertiary/aromatic N) is 2. The molecule has 1 heterocycles. The molecule has 0 spiro atoms. The molecule has 1 aliphatic rings. The van der Waals surface area contributed by atoms with Crippen LogP contribution in [0.2, 0.25) is 0 Å². The van der Waals surface area contributed by atoms with Gasteiger partial charge in [0.2, 0.25) is 5.91 Å². The quantitative estimate of drug-likeness (QED) is 0.770. The zero-order chi connectivity index (χ0) is 14.7. The van der Waals surface area contributed by atoms with Gasteiger partial charge in [0.1, 0.15) is 11.4 Å². The zero-order valence-electron chi connectivity index (χ0n) is 11.5. The van der Waals surface area contributed by atoms with Crippen molar-refractivity contribution in [3.63, 3.8) is 0 Å². The van der Waals surface area contributed by atoms with Crippen molar-refractivity contribution in [2.24, 2.45) is 8.73 Å². The van der Waals surface area contributed by atoms with Crippen LogP contribution in [0.25, 0.3) is 0 Å². The Kier molecular flexibility index (Phi) is 3.79. The summed E-state index contributed by atoms with van der Waals surface area (Å²) in [7, 11) is 0. The monoisotopic (exact) mass is 298 g/mol. The van der Waals surface area contributed by atoms with E-state index in [4.69, 9.17) is 0 Å². The fraction of sp³-hybridized carbons (Fsp3) is 0.133. The minimum atomic E-state index is -0.115. The van der Waals surface area contributed by atoms with E-state index in [0.717, 1.165) is 28.4 Å². The maximum Gasteiger partial charge on any atom is 0.243 e. The third-order valence-electron chi connectivity index (χ3n) is 3.06. The highest BCUT2D eigenvalue weighted by molar-refractivity contribution is 7.58. The van der Waals surface area contributed by atoms with Crippen LogP contribution < -0.4 is 10.6 Å². The number of anilines is 2. The van der Waals surface area contributed by atoms with Crippen LogP contribution in [0.1, 0.15) is 5.56 Å². The Labute approximate surface area is 126 Å². The molecule has 0 aromatic heterocycles. The molecule has 2 aromatic rings. The van der Waals surface area contributed by atoms with Crippen LogP contribution in [0.3, 0.4) is 0 Å². The Balaban J connectivity index is 1.61. The molecule has 3 rings (SSSR count). The van der Waals surface area contributed by atoms with E-state index in [1.54, 1.807) is 0 Å². The van der Waals surface area contributed by atoms with Gasteiger partial charge in [-0.05, 0) is 31.2 Å². The standard InChI is InChI=1S/C15H14N4OS/c1-10-5-7-11(8-6-10)16-9-14(20)17-12-3-2-4-13-15(12)19-21-18-13/h2-8,16H,9H2,1H3,(H,17,20). The Morgan fingerprint density at radius 3 is 2.76 bits per heavy atom. The van der Waals surface area contributed by atoms with Gasteiger partial charge in [0.15, 0.2) is 0 Å². The maximum atomic E-state index is 12.0. The lowest BCUT2D eigenvalue weighted by molar-refractivity contribution is -0.114. The van der Waals surface area contributed by atoms with E-state index in [1.807, 2.05) is 49.4 Å². The van der Waals surface area contributed by atoms with Crippen LogP contribution in [-0.2, 0) is 16.1 Å². The minimum absolute atomic E-state index is 0.115. The van der Waals surface area contributed by atoms with Crippen molar-refractivity contribution in [3.8, 4) is 0 Å². The van der Waals surface area contributed by atoms with Crippen molar-refractivity contribution in [2.75, 3.05) is 17.2 Å². The number of carbonyl (C=O) groups excluding carboxylic acids is 1. The van der Waals surface area contributed by atoms with Gasteiger partial charge in [0.05, 0.1) is 23.6 Å². The number of nitrogens with one attached hydrogen (secondary N) is 2. The van der Waals surface area contributed by atoms with Gasteiger partial charge in [-0.2, -0.15) is 8.73 Å². The van der Waals surface area contributed by atoms with E-state index in [2.05, 4.69) is 19.4 Å². The Morgan fingerprint density at radius 2 is 1.95 bits per heavy atom. The number of amides is 1. The topological polar surface area (TPSA) is 65.8 Å². The summed E-state index contributed by atoms with van der Waals surface area (Å²) in [5, 5.41) is 5.94. The first kappa shape index (κ1) is 13.5. The highest BCUT2D eigenvalue weighted by atomic mass is 32.1. The summed E-state index contributed by atoms with van der Waals surface area (Å²) >= 11 is 1.14. The summed E-state index contributed by atoms with van der Waals surface area (Å²) in [6, 6.07) is 13.5. The molecule has 0 aliphatic carbocycles. The van der Waals surface area contributed by atoms with Gasteiger partial charge in [0.25, 0.3) is 0 Å². The molecule has 0 bridgehead atoms. The van der Waals surface area contributed by atoms with E-state index in [1.165, 1.54) is 5.56 Å². The molecule has 5 nitrogen and oxygen atoms in total. The van der Waals surface area contributed by atoms with E-state index in [0.29, 0.717) is 5.69 Å². The molecule has 0 atom stereocenters. The van der Waals surface area contributed by atoms with Gasteiger partial charge in [-0.3, -0.25) is 4.79 Å². The second-order valence-corrected chi connectivity index (χ2v) is 5.23. The number of carbonyl (C=O) groups is 1. The molecular weight excluding hydrogens is 284 g/mol. The van der Waals surface area contributed by atoms with Crippen molar-refractivity contribution < 1.29 is 4.79 Å². The fourth-order valence-electron chi connectivity index (χ4n) is 1.96. The highest BCUT2D eigenvalue weighted by Crippen LogP contribution is 2.38. The third kappa shape index (κ3) is 3.17. The molecule has 2 aromatic carbocycles. The predicted octanol–water partition coefficient (Wildman–Crippen LogP) is 3.77. The lowest BCUT2D eigenvalue weighted by Crippen LogP contribution is -2.21. The van der Waals surface area contributed by atoms with Crippen LogP contribution in [0.5, 0.6) is 0 Å². The molecule has 0 radical (unpaired) electrons.